The van der Waals surface area contributed by atoms with Crippen LogP contribution in [0.2, 0.25) is 0 Å². The van der Waals surface area contributed by atoms with Gasteiger partial charge in [0.2, 0.25) is 0 Å². The molecule has 0 heterocycles. The molecule has 2 heteroatoms. The highest BCUT2D eigenvalue weighted by molar-refractivity contribution is 5.66. The molecule has 2 nitrogen and oxygen atoms in total. The Morgan fingerprint density at radius 2 is 1.68 bits per heavy atom. The standard InChI is InChI=1S/C32H54O2/c1-21(2)11-10-12-22(3)24-15-19-32(9)26-13-14-27-29(5,6)28(34-23(4)33)17-18-30(27,7)25(26)16-20-31(24,32)8/h16,21-22,24,26-28H,10-15,17-20H2,1-9H3. The number of ether oxygens (including phenoxy) is 1. The predicted molar refractivity (Wildman–Crippen MR) is 142 cm³/mol. The molecule has 194 valence electrons. The molecular weight excluding hydrogens is 416 g/mol. The zero-order chi connectivity index (χ0) is 25.1. The molecule has 0 aromatic carbocycles. The minimum absolute atomic E-state index is 0.0370. The van der Waals surface area contributed by atoms with Gasteiger partial charge in [-0.1, -0.05) is 86.3 Å². The summed E-state index contributed by atoms with van der Waals surface area (Å²) in [6.07, 6.45) is 15.9. The van der Waals surface area contributed by atoms with Crippen LogP contribution in [0.3, 0.4) is 0 Å². The van der Waals surface area contributed by atoms with E-state index >= 15 is 0 Å². The Hall–Kier alpha value is -0.790. The third-order valence-electron chi connectivity index (χ3n) is 12.3. The Kier molecular flexibility index (Phi) is 6.92. The Morgan fingerprint density at radius 1 is 0.971 bits per heavy atom. The molecule has 4 rings (SSSR count). The fourth-order valence-electron chi connectivity index (χ4n) is 10.1. The molecule has 0 aliphatic heterocycles. The number of allylic oxidation sites excluding steroid dienone is 2. The second kappa shape index (κ2) is 8.95. The highest BCUT2D eigenvalue weighted by Gasteiger charge is 2.65. The van der Waals surface area contributed by atoms with E-state index < -0.39 is 0 Å². The molecule has 0 amide bonds. The summed E-state index contributed by atoms with van der Waals surface area (Å²) in [7, 11) is 0. The summed E-state index contributed by atoms with van der Waals surface area (Å²) in [6, 6.07) is 0. The van der Waals surface area contributed by atoms with Gasteiger partial charge in [-0.3, -0.25) is 4.79 Å². The monoisotopic (exact) mass is 470 g/mol. The largest absolute Gasteiger partial charge is 0.462 e. The number of hydrogen-bond donors (Lipinski definition) is 0. The molecule has 0 N–H and O–H groups in total. The number of esters is 1. The van der Waals surface area contributed by atoms with Crippen molar-refractivity contribution in [2.45, 2.75) is 133 Å². The van der Waals surface area contributed by atoms with Crippen molar-refractivity contribution in [2.24, 2.45) is 51.2 Å². The fourth-order valence-corrected chi connectivity index (χ4v) is 10.1. The van der Waals surface area contributed by atoms with Gasteiger partial charge >= 0.3 is 5.97 Å². The Labute approximate surface area is 211 Å². The maximum Gasteiger partial charge on any atom is 0.302 e. The number of fused-ring (bicyclic) bond motifs is 5. The zero-order valence-corrected chi connectivity index (χ0v) is 23.9. The second-order valence-corrected chi connectivity index (χ2v) is 14.7. The van der Waals surface area contributed by atoms with Crippen molar-refractivity contribution in [2.75, 3.05) is 0 Å². The van der Waals surface area contributed by atoms with Gasteiger partial charge in [-0.25, -0.2) is 0 Å². The number of rotatable bonds is 6. The summed E-state index contributed by atoms with van der Waals surface area (Å²) in [5.74, 6) is 3.75. The van der Waals surface area contributed by atoms with Crippen LogP contribution in [0.5, 0.6) is 0 Å². The summed E-state index contributed by atoms with van der Waals surface area (Å²) in [4.78, 5) is 11.8. The van der Waals surface area contributed by atoms with Crippen LogP contribution in [0.1, 0.15) is 127 Å². The van der Waals surface area contributed by atoms with E-state index in [1.165, 1.54) is 57.8 Å². The summed E-state index contributed by atoms with van der Waals surface area (Å²) in [5.41, 5.74) is 2.96. The van der Waals surface area contributed by atoms with Crippen molar-refractivity contribution in [3.63, 3.8) is 0 Å². The van der Waals surface area contributed by atoms with E-state index in [1.807, 2.05) is 0 Å². The molecule has 0 saturated heterocycles. The minimum Gasteiger partial charge on any atom is -0.462 e. The minimum atomic E-state index is -0.116. The third-order valence-corrected chi connectivity index (χ3v) is 12.3. The molecule has 0 spiro atoms. The fraction of sp³-hybridized carbons (Fsp3) is 0.906. The summed E-state index contributed by atoms with van der Waals surface area (Å²) in [6.45, 7) is 21.6. The second-order valence-electron chi connectivity index (χ2n) is 14.7. The van der Waals surface area contributed by atoms with Gasteiger partial charge in [-0.2, -0.15) is 0 Å². The molecule has 34 heavy (non-hydrogen) atoms. The lowest BCUT2D eigenvalue weighted by atomic mass is 9.41. The third kappa shape index (κ3) is 3.92. The zero-order valence-electron chi connectivity index (χ0n) is 23.9. The predicted octanol–water partition coefficient (Wildman–Crippen LogP) is 8.99. The van der Waals surface area contributed by atoms with Crippen LogP contribution in [0, 0.1) is 51.2 Å². The van der Waals surface area contributed by atoms with Gasteiger partial charge in [0.1, 0.15) is 6.10 Å². The van der Waals surface area contributed by atoms with E-state index in [4.69, 9.17) is 4.74 Å². The number of carbonyl (C=O) groups is 1. The molecule has 0 radical (unpaired) electrons. The smallest absolute Gasteiger partial charge is 0.302 e. The first kappa shape index (κ1) is 26.3. The molecule has 8 atom stereocenters. The maximum atomic E-state index is 11.8. The first-order valence-electron chi connectivity index (χ1n) is 14.6. The first-order chi connectivity index (χ1) is 15.8. The summed E-state index contributed by atoms with van der Waals surface area (Å²) in [5, 5.41) is 0. The SMILES string of the molecule is CC(=O)OC1CCC2(C)C3=CCC4(C)C(C(C)CCCC(C)C)CCC4(C)C3CCC2C1(C)C. The number of carbonyl (C=O) groups excluding carboxylic acids is 1. The van der Waals surface area contributed by atoms with E-state index in [2.05, 4.69) is 61.5 Å². The molecule has 0 aromatic heterocycles. The topological polar surface area (TPSA) is 26.3 Å². The van der Waals surface area contributed by atoms with E-state index in [-0.39, 0.29) is 22.9 Å². The molecular formula is C32H54O2. The van der Waals surface area contributed by atoms with Crippen LogP contribution < -0.4 is 0 Å². The lowest BCUT2D eigenvalue weighted by Crippen LogP contribution is -2.58. The van der Waals surface area contributed by atoms with Crippen LogP contribution in [0.4, 0.5) is 0 Å². The van der Waals surface area contributed by atoms with Crippen molar-refractivity contribution < 1.29 is 9.53 Å². The van der Waals surface area contributed by atoms with E-state index in [9.17, 15) is 4.79 Å². The molecule has 4 aliphatic rings. The molecule has 4 aliphatic carbocycles. The van der Waals surface area contributed by atoms with Crippen molar-refractivity contribution in [1.29, 1.82) is 0 Å². The van der Waals surface area contributed by atoms with Crippen LogP contribution in [0.25, 0.3) is 0 Å². The first-order valence-corrected chi connectivity index (χ1v) is 14.6. The highest BCUT2D eigenvalue weighted by atomic mass is 16.5. The van der Waals surface area contributed by atoms with Gasteiger partial charge in [-0.05, 0) is 90.8 Å². The molecule has 3 saturated carbocycles. The van der Waals surface area contributed by atoms with Crippen molar-refractivity contribution in [3.05, 3.63) is 11.6 Å². The van der Waals surface area contributed by atoms with Crippen LogP contribution in [-0.2, 0) is 9.53 Å². The Morgan fingerprint density at radius 3 is 2.32 bits per heavy atom. The van der Waals surface area contributed by atoms with Gasteiger partial charge in [0.15, 0.2) is 0 Å². The average molecular weight is 471 g/mol. The van der Waals surface area contributed by atoms with Crippen molar-refractivity contribution in [3.8, 4) is 0 Å². The number of hydrogen-bond acceptors (Lipinski definition) is 2. The average Bonchev–Trinajstić information content (AvgIpc) is 3.01. The van der Waals surface area contributed by atoms with Crippen LogP contribution >= 0.6 is 0 Å². The van der Waals surface area contributed by atoms with Crippen molar-refractivity contribution >= 4 is 5.97 Å². The van der Waals surface area contributed by atoms with E-state index in [1.54, 1.807) is 12.5 Å². The maximum absolute atomic E-state index is 11.8. The summed E-state index contributed by atoms with van der Waals surface area (Å²) < 4.78 is 5.87. The van der Waals surface area contributed by atoms with Gasteiger partial charge < -0.3 is 4.74 Å². The lowest BCUT2D eigenvalue weighted by molar-refractivity contribution is -0.170. The Balaban J connectivity index is 1.59. The van der Waals surface area contributed by atoms with E-state index in [0.717, 1.165) is 30.1 Å². The molecule has 0 bridgehead atoms. The molecule has 3 fully saturated rings. The van der Waals surface area contributed by atoms with Crippen molar-refractivity contribution in [1.82, 2.24) is 0 Å². The van der Waals surface area contributed by atoms with E-state index in [0.29, 0.717) is 16.7 Å². The highest BCUT2D eigenvalue weighted by Crippen LogP contribution is 2.73. The molecule has 0 aromatic rings. The quantitative estimate of drug-likeness (QED) is 0.286. The van der Waals surface area contributed by atoms with Gasteiger partial charge in [0, 0.05) is 12.3 Å². The van der Waals surface area contributed by atoms with Crippen LogP contribution in [0.15, 0.2) is 11.6 Å². The van der Waals surface area contributed by atoms with Gasteiger partial charge in [0.05, 0.1) is 0 Å². The van der Waals surface area contributed by atoms with Gasteiger partial charge in [-0.15, -0.1) is 0 Å². The lowest BCUT2D eigenvalue weighted by Gasteiger charge is -2.64. The normalized spacial score (nSPS) is 44.0. The van der Waals surface area contributed by atoms with Crippen LogP contribution in [-0.4, -0.2) is 12.1 Å². The molecule has 8 unspecified atom stereocenters. The Bertz CT molecular complexity index is 808. The van der Waals surface area contributed by atoms with Gasteiger partial charge in [0.25, 0.3) is 0 Å². The summed E-state index contributed by atoms with van der Waals surface area (Å²) >= 11 is 0.